The third-order valence-electron chi connectivity index (χ3n) is 2.90. The van der Waals surface area contributed by atoms with Crippen LogP contribution in [0.3, 0.4) is 0 Å². The second kappa shape index (κ2) is 6.80. The molecule has 100 valence electrons. The van der Waals surface area contributed by atoms with Crippen LogP contribution in [0.4, 0.5) is 5.95 Å². The van der Waals surface area contributed by atoms with Gasteiger partial charge in [0.25, 0.3) is 0 Å². The normalized spacial score (nSPS) is 10.4. The number of anilines is 1. The molecule has 2 aromatic heterocycles. The maximum atomic E-state index is 5.50. The van der Waals surface area contributed by atoms with Crippen LogP contribution in [0, 0.1) is 0 Å². The zero-order valence-corrected chi connectivity index (χ0v) is 11.2. The van der Waals surface area contributed by atoms with E-state index in [0.717, 1.165) is 36.6 Å². The van der Waals surface area contributed by atoms with E-state index < -0.39 is 0 Å². The molecule has 0 aliphatic carbocycles. The molecule has 0 amide bonds. The monoisotopic (exact) mass is 257 g/mol. The first-order valence-electron chi connectivity index (χ1n) is 6.41. The van der Waals surface area contributed by atoms with Crippen molar-refractivity contribution < 1.29 is 0 Å². The average Bonchev–Trinajstić information content (AvgIpc) is 2.47. The van der Waals surface area contributed by atoms with Gasteiger partial charge in [0.2, 0.25) is 5.95 Å². The van der Waals surface area contributed by atoms with Crippen molar-refractivity contribution in [2.75, 3.05) is 25.0 Å². The predicted molar refractivity (Wildman–Crippen MR) is 76.0 cm³/mol. The van der Waals surface area contributed by atoms with Gasteiger partial charge in [0.05, 0.1) is 0 Å². The molecule has 0 saturated heterocycles. The maximum absolute atomic E-state index is 5.50. The lowest BCUT2D eigenvalue weighted by Crippen LogP contribution is -2.23. The molecule has 0 atom stereocenters. The number of hydrogen-bond acceptors (Lipinski definition) is 5. The number of likely N-dealkylation sites (N-methyl/N-ethyl adjacent to an activating group) is 1. The molecule has 19 heavy (non-hydrogen) atoms. The Morgan fingerprint density at radius 1 is 1.11 bits per heavy atom. The van der Waals surface area contributed by atoms with E-state index in [2.05, 4.69) is 15.0 Å². The van der Waals surface area contributed by atoms with E-state index in [1.54, 1.807) is 0 Å². The minimum atomic E-state index is 0.623. The Morgan fingerprint density at radius 2 is 1.89 bits per heavy atom. The van der Waals surface area contributed by atoms with Gasteiger partial charge >= 0.3 is 0 Å². The van der Waals surface area contributed by atoms with E-state index in [-0.39, 0.29) is 0 Å². The van der Waals surface area contributed by atoms with Crippen LogP contribution in [0.15, 0.2) is 36.8 Å². The number of nitrogens with zero attached hydrogens (tertiary/aromatic N) is 4. The van der Waals surface area contributed by atoms with Crippen molar-refractivity contribution in [3.8, 4) is 0 Å². The highest BCUT2D eigenvalue weighted by molar-refractivity contribution is 5.28. The Hall–Kier alpha value is -2.01. The molecule has 0 aromatic carbocycles. The summed E-state index contributed by atoms with van der Waals surface area (Å²) < 4.78 is 0. The summed E-state index contributed by atoms with van der Waals surface area (Å²) in [6.07, 6.45) is 7.19. The first-order chi connectivity index (χ1) is 9.29. The fourth-order valence-corrected chi connectivity index (χ4v) is 1.77. The quantitative estimate of drug-likeness (QED) is 0.838. The maximum Gasteiger partial charge on any atom is 0.225 e. The molecule has 5 nitrogen and oxygen atoms in total. The molecule has 0 bridgehead atoms. The molecular formula is C14H19N5. The van der Waals surface area contributed by atoms with Crippen molar-refractivity contribution in [3.05, 3.63) is 48.0 Å². The molecule has 2 N–H and O–H groups in total. The van der Waals surface area contributed by atoms with Gasteiger partial charge in [-0.25, -0.2) is 9.97 Å². The summed E-state index contributed by atoms with van der Waals surface area (Å²) in [5.74, 6) is 0.733. The largest absolute Gasteiger partial charge is 0.343 e. The molecule has 0 aliphatic rings. The van der Waals surface area contributed by atoms with Crippen molar-refractivity contribution in [2.24, 2.45) is 5.73 Å². The molecule has 2 heterocycles. The Balaban J connectivity index is 1.90. The Bertz CT molecular complexity index is 483. The van der Waals surface area contributed by atoms with Gasteiger partial charge in [0.1, 0.15) is 0 Å². The Morgan fingerprint density at radius 3 is 2.53 bits per heavy atom. The molecule has 2 rings (SSSR count). The number of pyridine rings is 1. The fraction of sp³-hybridized carbons (Fsp3) is 0.357. The smallest absolute Gasteiger partial charge is 0.225 e. The molecule has 0 radical (unpaired) electrons. The molecule has 2 aromatic rings. The minimum Gasteiger partial charge on any atom is -0.343 e. The number of hydrogen-bond donors (Lipinski definition) is 1. The first kappa shape index (κ1) is 13.4. The van der Waals surface area contributed by atoms with Crippen molar-refractivity contribution in [2.45, 2.75) is 12.8 Å². The molecule has 0 fully saturated rings. The van der Waals surface area contributed by atoms with Crippen LogP contribution in [0.1, 0.15) is 11.3 Å². The summed E-state index contributed by atoms with van der Waals surface area (Å²) in [6.45, 7) is 1.46. The van der Waals surface area contributed by atoms with Gasteiger partial charge in [-0.1, -0.05) is 6.07 Å². The Kier molecular flexibility index (Phi) is 4.80. The van der Waals surface area contributed by atoms with Crippen molar-refractivity contribution >= 4 is 5.95 Å². The van der Waals surface area contributed by atoms with Crippen molar-refractivity contribution in [1.82, 2.24) is 15.0 Å². The van der Waals surface area contributed by atoms with Gasteiger partial charge in [-0.3, -0.25) is 4.98 Å². The minimum absolute atomic E-state index is 0.623. The molecule has 0 saturated carbocycles. The van der Waals surface area contributed by atoms with E-state index in [1.165, 1.54) is 0 Å². The highest BCUT2D eigenvalue weighted by Crippen LogP contribution is 2.06. The van der Waals surface area contributed by atoms with Crippen LogP contribution >= 0.6 is 0 Å². The van der Waals surface area contributed by atoms with Crippen LogP contribution in [0.5, 0.6) is 0 Å². The number of nitrogens with two attached hydrogens (primary N) is 1. The van der Waals surface area contributed by atoms with E-state index in [9.17, 15) is 0 Å². The van der Waals surface area contributed by atoms with Gasteiger partial charge in [-0.05, 0) is 30.7 Å². The molecular weight excluding hydrogens is 238 g/mol. The van der Waals surface area contributed by atoms with Crippen LogP contribution in [0.25, 0.3) is 0 Å². The van der Waals surface area contributed by atoms with E-state index >= 15 is 0 Å². The molecule has 0 unspecified atom stereocenters. The molecule has 0 spiro atoms. The lowest BCUT2D eigenvalue weighted by molar-refractivity contribution is 0.815. The van der Waals surface area contributed by atoms with Crippen molar-refractivity contribution in [1.29, 1.82) is 0 Å². The second-order valence-electron chi connectivity index (χ2n) is 4.42. The summed E-state index contributed by atoms with van der Waals surface area (Å²) in [6, 6.07) is 5.95. The van der Waals surface area contributed by atoms with Crippen molar-refractivity contribution in [3.63, 3.8) is 0 Å². The highest BCUT2D eigenvalue weighted by Gasteiger charge is 2.04. The van der Waals surface area contributed by atoms with Gasteiger partial charge in [0.15, 0.2) is 0 Å². The fourth-order valence-electron chi connectivity index (χ4n) is 1.77. The predicted octanol–water partition coefficient (Wildman–Crippen LogP) is 1.05. The van der Waals surface area contributed by atoms with Gasteiger partial charge in [-0.15, -0.1) is 0 Å². The summed E-state index contributed by atoms with van der Waals surface area (Å²) >= 11 is 0. The number of rotatable bonds is 6. The van der Waals surface area contributed by atoms with E-state index in [4.69, 9.17) is 5.73 Å². The zero-order chi connectivity index (χ0) is 13.5. The summed E-state index contributed by atoms with van der Waals surface area (Å²) in [5.41, 5.74) is 7.65. The van der Waals surface area contributed by atoms with E-state index in [0.29, 0.717) is 6.54 Å². The van der Waals surface area contributed by atoms with Crippen LogP contribution < -0.4 is 10.6 Å². The summed E-state index contributed by atoms with van der Waals surface area (Å²) in [4.78, 5) is 15.0. The van der Waals surface area contributed by atoms with Gasteiger partial charge in [0, 0.05) is 44.3 Å². The zero-order valence-electron chi connectivity index (χ0n) is 11.2. The third-order valence-corrected chi connectivity index (χ3v) is 2.90. The second-order valence-corrected chi connectivity index (χ2v) is 4.42. The van der Waals surface area contributed by atoms with Crippen LogP contribution in [-0.4, -0.2) is 35.1 Å². The van der Waals surface area contributed by atoms with E-state index in [1.807, 2.05) is 48.7 Å². The van der Waals surface area contributed by atoms with Crippen LogP contribution in [0.2, 0.25) is 0 Å². The summed E-state index contributed by atoms with van der Waals surface area (Å²) in [5, 5.41) is 0. The first-order valence-corrected chi connectivity index (χ1v) is 6.41. The third kappa shape index (κ3) is 3.99. The Labute approximate surface area is 113 Å². The summed E-state index contributed by atoms with van der Waals surface area (Å²) in [7, 11) is 1.99. The highest BCUT2D eigenvalue weighted by atomic mass is 15.2. The lowest BCUT2D eigenvalue weighted by Gasteiger charge is -2.16. The van der Waals surface area contributed by atoms with Gasteiger partial charge < -0.3 is 10.6 Å². The molecule has 5 heteroatoms. The van der Waals surface area contributed by atoms with Crippen LogP contribution in [-0.2, 0) is 12.8 Å². The average molecular weight is 257 g/mol. The number of aromatic nitrogens is 3. The lowest BCUT2D eigenvalue weighted by atomic mass is 10.2. The topological polar surface area (TPSA) is 67.9 Å². The van der Waals surface area contributed by atoms with Gasteiger partial charge in [-0.2, -0.15) is 0 Å². The standard InChI is InChI=1S/C14H19N5/c1-19(9-6-13-4-2-3-8-16-13)14-17-10-12(5-7-15)11-18-14/h2-4,8,10-11H,5-7,9,15H2,1H3. The SMILES string of the molecule is CN(CCc1ccccn1)c1ncc(CCN)cn1. The molecule has 0 aliphatic heterocycles.